The summed E-state index contributed by atoms with van der Waals surface area (Å²) in [6, 6.07) is 12.6. The van der Waals surface area contributed by atoms with Gasteiger partial charge in [0.15, 0.2) is 0 Å². The Morgan fingerprint density at radius 2 is 1.85 bits per heavy atom. The molecule has 20 heavy (non-hydrogen) atoms. The van der Waals surface area contributed by atoms with Gasteiger partial charge in [-0.1, -0.05) is 32.0 Å². The molecule has 2 unspecified atom stereocenters. The van der Waals surface area contributed by atoms with Crippen molar-refractivity contribution >= 4 is 0 Å². The predicted octanol–water partition coefficient (Wildman–Crippen LogP) is 3.54. The average molecular weight is 270 g/mol. The van der Waals surface area contributed by atoms with E-state index in [1.165, 1.54) is 11.1 Å². The van der Waals surface area contributed by atoms with Crippen LogP contribution in [0.2, 0.25) is 0 Å². The van der Waals surface area contributed by atoms with E-state index >= 15 is 0 Å². The van der Waals surface area contributed by atoms with Crippen LogP contribution >= 0.6 is 0 Å². The monoisotopic (exact) mass is 270 g/mol. The summed E-state index contributed by atoms with van der Waals surface area (Å²) in [6.07, 6.45) is 3.69. The third-order valence-corrected chi connectivity index (χ3v) is 3.63. The Balaban J connectivity index is 2.35. The van der Waals surface area contributed by atoms with Crippen LogP contribution in [-0.4, -0.2) is 18.6 Å². The Kier molecular flexibility index (Phi) is 5.13. The molecule has 0 bridgehead atoms. The highest BCUT2D eigenvalue weighted by Crippen LogP contribution is 2.35. The second kappa shape index (κ2) is 7.06. The first-order chi connectivity index (χ1) is 9.77. The van der Waals surface area contributed by atoms with Crippen LogP contribution in [0.5, 0.6) is 5.75 Å². The summed E-state index contributed by atoms with van der Waals surface area (Å²) in [5, 5.41) is 3.57. The molecule has 0 fully saturated rings. The minimum absolute atomic E-state index is 0.221. The van der Waals surface area contributed by atoms with E-state index < -0.39 is 0 Å². The number of aromatic nitrogens is 1. The Bertz CT molecular complexity index is 528. The Morgan fingerprint density at radius 1 is 1.15 bits per heavy atom. The SMILES string of the molecule is CCNC(c1ccccc1OC)C(C)c1ccncc1. The normalized spacial score (nSPS) is 13.8. The lowest BCUT2D eigenvalue weighted by Crippen LogP contribution is -2.26. The van der Waals surface area contributed by atoms with Crippen molar-refractivity contribution in [2.45, 2.75) is 25.8 Å². The molecule has 1 N–H and O–H groups in total. The maximum Gasteiger partial charge on any atom is 0.123 e. The lowest BCUT2D eigenvalue weighted by atomic mass is 9.88. The second-order valence-corrected chi connectivity index (χ2v) is 4.85. The number of pyridine rings is 1. The minimum atomic E-state index is 0.221. The summed E-state index contributed by atoms with van der Waals surface area (Å²) in [5.41, 5.74) is 2.47. The van der Waals surface area contributed by atoms with Crippen molar-refractivity contribution in [2.24, 2.45) is 0 Å². The van der Waals surface area contributed by atoms with E-state index in [0.29, 0.717) is 5.92 Å². The predicted molar refractivity (Wildman–Crippen MR) is 82.1 cm³/mol. The number of nitrogens with one attached hydrogen (secondary N) is 1. The van der Waals surface area contributed by atoms with Gasteiger partial charge in [-0.05, 0) is 30.3 Å². The van der Waals surface area contributed by atoms with Crippen LogP contribution in [0.15, 0.2) is 48.8 Å². The zero-order chi connectivity index (χ0) is 14.4. The molecule has 1 aromatic carbocycles. The van der Waals surface area contributed by atoms with Crippen LogP contribution in [0.4, 0.5) is 0 Å². The van der Waals surface area contributed by atoms with E-state index in [2.05, 4.69) is 48.4 Å². The highest BCUT2D eigenvalue weighted by atomic mass is 16.5. The quantitative estimate of drug-likeness (QED) is 0.871. The molecule has 0 aliphatic rings. The molecule has 0 amide bonds. The standard InChI is InChI=1S/C17H22N2O/c1-4-19-17(13(2)14-9-11-18-12-10-14)15-7-5-6-8-16(15)20-3/h5-13,17,19H,4H2,1-3H3. The second-order valence-electron chi connectivity index (χ2n) is 4.85. The number of rotatable bonds is 6. The van der Waals surface area contributed by atoms with Gasteiger partial charge in [-0.3, -0.25) is 4.98 Å². The molecule has 0 aliphatic heterocycles. The van der Waals surface area contributed by atoms with Crippen LogP contribution < -0.4 is 10.1 Å². The number of ether oxygens (including phenoxy) is 1. The molecule has 3 nitrogen and oxygen atoms in total. The first-order valence-electron chi connectivity index (χ1n) is 7.04. The van der Waals surface area contributed by atoms with Gasteiger partial charge in [0.05, 0.1) is 7.11 Å². The number of benzene rings is 1. The van der Waals surface area contributed by atoms with Crippen molar-refractivity contribution in [1.82, 2.24) is 10.3 Å². The van der Waals surface area contributed by atoms with E-state index in [9.17, 15) is 0 Å². The summed E-state index contributed by atoms with van der Waals surface area (Å²) in [6.45, 7) is 5.27. The number of hydrogen-bond acceptors (Lipinski definition) is 3. The first kappa shape index (κ1) is 14.5. The van der Waals surface area contributed by atoms with Crippen LogP contribution in [0.1, 0.15) is 36.9 Å². The molecule has 2 rings (SSSR count). The molecule has 3 heteroatoms. The van der Waals surface area contributed by atoms with Crippen molar-refractivity contribution < 1.29 is 4.74 Å². The lowest BCUT2D eigenvalue weighted by Gasteiger charge is -2.27. The highest BCUT2D eigenvalue weighted by Gasteiger charge is 2.22. The van der Waals surface area contributed by atoms with Crippen molar-refractivity contribution in [1.29, 1.82) is 0 Å². The van der Waals surface area contributed by atoms with E-state index in [1.807, 2.05) is 24.5 Å². The summed E-state index contributed by atoms with van der Waals surface area (Å²) >= 11 is 0. The minimum Gasteiger partial charge on any atom is -0.496 e. The number of methoxy groups -OCH3 is 1. The molecule has 106 valence electrons. The van der Waals surface area contributed by atoms with Crippen molar-refractivity contribution in [3.63, 3.8) is 0 Å². The fourth-order valence-electron chi connectivity index (χ4n) is 2.56. The third-order valence-electron chi connectivity index (χ3n) is 3.63. The maximum atomic E-state index is 5.51. The topological polar surface area (TPSA) is 34.1 Å². The molecule has 0 saturated carbocycles. The Hall–Kier alpha value is -1.87. The van der Waals surface area contributed by atoms with Gasteiger partial charge < -0.3 is 10.1 Å². The van der Waals surface area contributed by atoms with Gasteiger partial charge in [-0.2, -0.15) is 0 Å². The first-order valence-corrected chi connectivity index (χ1v) is 7.04. The molecule has 2 aromatic rings. The van der Waals surface area contributed by atoms with Crippen LogP contribution in [-0.2, 0) is 0 Å². The lowest BCUT2D eigenvalue weighted by molar-refractivity contribution is 0.390. The summed E-state index contributed by atoms with van der Waals surface area (Å²) < 4.78 is 5.51. The smallest absolute Gasteiger partial charge is 0.123 e. The van der Waals surface area contributed by atoms with E-state index in [0.717, 1.165) is 12.3 Å². The third kappa shape index (κ3) is 3.17. The number of nitrogens with zero attached hydrogens (tertiary/aromatic N) is 1. The molecule has 0 spiro atoms. The van der Waals surface area contributed by atoms with Crippen LogP contribution in [0, 0.1) is 0 Å². The van der Waals surface area contributed by atoms with Crippen molar-refractivity contribution in [3.8, 4) is 5.75 Å². The molecule has 1 aromatic heterocycles. The molecule has 2 atom stereocenters. The average Bonchev–Trinajstić information content (AvgIpc) is 2.53. The fourth-order valence-corrected chi connectivity index (χ4v) is 2.56. The molecular formula is C17H22N2O. The Labute approximate surface area is 121 Å². The van der Waals surface area contributed by atoms with Gasteiger partial charge in [0.2, 0.25) is 0 Å². The molecular weight excluding hydrogens is 248 g/mol. The van der Waals surface area contributed by atoms with Gasteiger partial charge >= 0.3 is 0 Å². The van der Waals surface area contributed by atoms with Gasteiger partial charge in [0.1, 0.15) is 5.75 Å². The molecule has 0 radical (unpaired) electrons. The van der Waals surface area contributed by atoms with Gasteiger partial charge in [0, 0.05) is 29.9 Å². The highest BCUT2D eigenvalue weighted by molar-refractivity contribution is 5.38. The van der Waals surface area contributed by atoms with Crippen LogP contribution in [0.25, 0.3) is 0 Å². The van der Waals surface area contributed by atoms with Crippen LogP contribution in [0.3, 0.4) is 0 Å². The summed E-state index contributed by atoms with van der Waals surface area (Å²) in [4.78, 5) is 4.09. The van der Waals surface area contributed by atoms with Crippen molar-refractivity contribution in [3.05, 3.63) is 59.9 Å². The molecule has 1 heterocycles. The van der Waals surface area contributed by atoms with Crippen molar-refractivity contribution in [2.75, 3.05) is 13.7 Å². The van der Waals surface area contributed by atoms with E-state index in [4.69, 9.17) is 4.74 Å². The van der Waals surface area contributed by atoms with E-state index in [-0.39, 0.29) is 6.04 Å². The molecule has 0 saturated heterocycles. The van der Waals surface area contributed by atoms with E-state index in [1.54, 1.807) is 7.11 Å². The summed E-state index contributed by atoms with van der Waals surface area (Å²) in [7, 11) is 1.72. The zero-order valence-corrected chi connectivity index (χ0v) is 12.3. The number of para-hydroxylation sites is 1. The molecule has 0 aliphatic carbocycles. The van der Waals surface area contributed by atoms with Gasteiger partial charge in [-0.25, -0.2) is 0 Å². The number of likely N-dealkylation sites (N-methyl/N-ethyl adjacent to an activating group) is 1. The number of hydrogen-bond donors (Lipinski definition) is 1. The van der Waals surface area contributed by atoms with Gasteiger partial charge in [0.25, 0.3) is 0 Å². The van der Waals surface area contributed by atoms with Gasteiger partial charge in [-0.15, -0.1) is 0 Å². The largest absolute Gasteiger partial charge is 0.496 e. The summed E-state index contributed by atoms with van der Waals surface area (Å²) in [5.74, 6) is 1.27. The zero-order valence-electron chi connectivity index (χ0n) is 12.3. The Morgan fingerprint density at radius 3 is 2.50 bits per heavy atom. The maximum absolute atomic E-state index is 5.51. The fraction of sp³-hybridized carbons (Fsp3) is 0.353.